The lowest BCUT2D eigenvalue weighted by atomic mass is 9.87. The molecule has 1 N–H and O–H groups in total. The average molecular weight is 363 g/mol. The molecule has 5 nitrogen and oxygen atoms in total. The molecule has 0 saturated carbocycles. The van der Waals surface area contributed by atoms with E-state index in [1.165, 1.54) is 12.8 Å². The van der Waals surface area contributed by atoms with Gasteiger partial charge in [-0.3, -0.25) is 14.5 Å². The highest BCUT2D eigenvalue weighted by molar-refractivity contribution is 6.00. The van der Waals surface area contributed by atoms with Crippen LogP contribution in [0.15, 0.2) is 60.7 Å². The Bertz CT molecular complexity index is 803. The molecule has 2 aliphatic heterocycles. The summed E-state index contributed by atoms with van der Waals surface area (Å²) in [4.78, 5) is 29.9. The van der Waals surface area contributed by atoms with Gasteiger partial charge in [0, 0.05) is 18.7 Å². The molecular weight excluding hydrogens is 338 g/mol. The molecule has 2 fully saturated rings. The van der Waals surface area contributed by atoms with Gasteiger partial charge in [-0.1, -0.05) is 48.5 Å². The van der Waals surface area contributed by atoms with Crippen molar-refractivity contribution in [2.45, 2.75) is 38.0 Å². The predicted molar refractivity (Wildman–Crippen MR) is 104 cm³/mol. The maximum Gasteiger partial charge on any atom is 0.251 e. The van der Waals surface area contributed by atoms with Crippen LogP contribution in [0.2, 0.25) is 0 Å². The van der Waals surface area contributed by atoms with Gasteiger partial charge in [0.25, 0.3) is 5.91 Å². The minimum atomic E-state index is -0.523. The number of amides is 2. The molecule has 2 aromatic rings. The highest BCUT2D eigenvalue weighted by atomic mass is 16.2. The normalized spacial score (nSPS) is 23.7. The zero-order chi connectivity index (χ0) is 18.8. The van der Waals surface area contributed by atoms with E-state index in [1.807, 2.05) is 53.4 Å². The van der Waals surface area contributed by atoms with E-state index in [4.69, 9.17) is 0 Å². The highest BCUT2D eigenvalue weighted by Gasteiger charge is 2.51. The number of likely N-dealkylation sites (tertiary alicyclic amines) is 2. The summed E-state index contributed by atoms with van der Waals surface area (Å²) >= 11 is 0. The molecule has 0 bridgehead atoms. The average Bonchev–Trinajstić information content (AvgIpc) is 3.25. The molecule has 3 unspecified atom stereocenters. The van der Waals surface area contributed by atoms with Gasteiger partial charge in [0.05, 0.1) is 12.2 Å². The van der Waals surface area contributed by atoms with Crippen molar-refractivity contribution >= 4 is 11.8 Å². The molecule has 2 aromatic carbocycles. The molecule has 0 aromatic heterocycles. The minimum absolute atomic E-state index is 0.00691. The molecule has 140 valence electrons. The Morgan fingerprint density at radius 3 is 2.22 bits per heavy atom. The summed E-state index contributed by atoms with van der Waals surface area (Å²) < 4.78 is 0. The molecule has 27 heavy (non-hydrogen) atoms. The Morgan fingerprint density at radius 2 is 1.59 bits per heavy atom. The molecule has 2 amide bonds. The number of β-lactam (4-membered cyclic amide) rings is 1. The predicted octanol–water partition coefficient (Wildman–Crippen LogP) is 2.81. The smallest absolute Gasteiger partial charge is 0.251 e. The van der Waals surface area contributed by atoms with Crippen LogP contribution in [0.4, 0.5) is 0 Å². The first kappa shape index (κ1) is 17.7. The molecule has 0 radical (unpaired) electrons. The largest absolute Gasteiger partial charge is 0.338 e. The molecule has 5 heteroatoms. The summed E-state index contributed by atoms with van der Waals surface area (Å²) in [6.45, 7) is 4.13. The summed E-state index contributed by atoms with van der Waals surface area (Å²) in [6, 6.07) is 18.4. The quantitative estimate of drug-likeness (QED) is 0.831. The van der Waals surface area contributed by atoms with Crippen LogP contribution in [0.1, 0.15) is 41.7 Å². The summed E-state index contributed by atoms with van der Waals surface area (Å²) in [6.07, 6.45) is 2.39. The second-order valence-corrected chi connectivity index (χ2v) is 7.29. The van der Waals surface area contributed by atoms with Crippen LogP contribution in [0.5, 0.6) is 0 Å². The second-order valence-electron chi connectivity index (χ2n) is 7.29. The van der Waals surface area contributed by atoms with Crippen LogP contribution < -0.4 is 5.32 Å². The lowest BCUT2D eigenvalue weighted by Crippen LogP contribution is -2.69. The zero-order valence-electron chi connectivity index (χ0n) is 15.5. The third kappa shape index (κ3) is 3.35. The van der Waals surface area contributed by atoms with Gasteiger partial charge in [-0.2, -0.15) is 0 Å². The standard InChI is InChI=1S/C22H25N3O2/c1-16(24-14-8-9-15-24)25-20(17-10-4-2-5-11-17)19(22(25)27)23-21(26)18-12-6-3-7-13-18/h2-7,10-13,16,19-20H,8-9,14-15H2,1H3,(H,23,26). The van der Waals surface area contributed by atoms with E-state index in [0.717, 1.165) is 18.7 Å². The van der Waals surface area contributed by atoms with Gasteiger partial charge in [-0.25, -0.2) is 0 Å². The molecule has 0 spiro atoms. The Labute approximate surface area is 160 Å². The van der Waals surface area contributed by atoms with Gasteiger partial charge >= 0.3 is 0 Å². The summed E-state index contributed by atoms with van der Waals surface area (Å²) in [5, 5.41) is 2.96. The van der Waals surface area contributed by atoms with E-state index >= 15 is 0 Å². The number of benzene rings is 2. The number of hydrogen-bond donors (Lipinski definition) is 1. The zero-order valence-corrected chi connectivity index (χ0v) is 15.5. The summed E-state index contributed by atoms with van der Waals surface area (Å²) in [5.74, 6) is -0.212. The van der Waals surface area contributed by atoms with Crippen LogP contribution in [-0.4, -0.2) is 46.9 Å². The number of carbonyl (C=O) groups is 2. The second kappa shape index (κ2) is 7.53. The monoisotopic (exact) mass is 363 g/mol. The van der Waals surface area contributed by atoms with Gasteiger partial charge in [0.1, 0.15) is 6.04 Å². The van der Waals surface area contributed by atoms with Crippen molar-refractivity contribution in [3.63, 3.8) is 0 Å². The Balaban J connectivity index is 1.57. The SMILES string of the molecule is CC(N1CCCC1)N1C(=O)C(NC(=O)c2ccccc2)C1c1ccccc1. The fourth-order valence-electron chi connectivity index (χ4n) is 4.18. The van der Waals surface area contributed by atoms with Gasteiger partial charge in [-0.05, 0) is 37.5 Å². The fourth-order valence-corrected chi connectivity index (χ4v) is 4.18. The van der Waals surface area contributed by atoms with Crippen LogP contribution in [0, 0.1) is 0 Å². The first-order valence-electron chi connectivity index (χ1n) is 9.64. The highest BCUT2D eigenvalue weighted by Crippen LogP contribution is 2.38. The molecule has 0 aliphatic carbocycles. The van der Waals surface area contributed by atoms with Gasteiger partial charge in [-0.15, -0.1) is 0 Å². The van der Waals surface area contributed by atoms with E-state index in [9.17, 15) is 9.59 Å². The third-order valence-electron chi connectivity index (χ3n) is 5.67. The number of carbonyl (C=O) groups excluding carboxylic acids is 2. The van der Waals surface area contributed by atoms with Crippen molar-refractivity contribution < 1.29 is 9.59 Å². The lowest BCUT2D eigenvalue weighted by Gasteiger charge is -2.52. The first-order chi connectivity index (χ1) is 13.2. The van der Waals surface area contributed by atoms with Crippen molar-refractivity contribution in [1.82, 2.24) is 15.1 Å². The first-order valence-corrected chi connectivity index (χ1v) is 9.64. The van der Waals surface area contributed by atoms with Gasteiger partial charge in [0.15, 0.2) is 0 Å². The van der Waals surface area contributed by atoms with Crippen LogP contribution in [0.3, 0.4) is 0 Å². The molecule has 2 saturated heterocycles. The molecule has 2 aliphatic rings. The number of nitrogens with one attached hydrogen (secondary N) is 1. The van der Waals surface area contributed by atoms with E-state index in [2.05, 4.69) is 17.1 Å². The topological polar surface area (TPSA) is 52.6 Å². The number of hydrogen-bond acceptors (Lipinski definition) is 3. The van der Waals surface area contributed by atoms with Crippen LogP contribution in [-0.2, 0) is 4.79 Å². The fraction of sp³-hybridized carbons (Fsp3) is 0.364. The van der Waals surface area contributed by atoms with E-state index in [0.29, 0.717) is 5.56 Å². The third-order valence-corrected chi connectivity index (χ3v) is 5.67. The summed E-state index contributed by atoms with van der Waals surface area (Å²) in [7, 11) is 0. The van der Waals surface area contributed by atoms with Gasteiger partial charge < -0.3 is 10.2 Å². The van der Waals surface area contributed by atoms with Crippen molar-refractivity contribution in [3.05, 3.63) is 71.8 Å². The Morgan fingerprint density at radius 1 is 1.00 bits per heavy atom. The molecule has 2 heterocycles. The van der Waals surface area contributed by atoms with Crippen molar-refractivity contribution in [1.29, 1.82) is 0 Å². The number of nitrogens with zero attached hydrogens (tertiary/aromatic N) is 2. The van der Waals surface area contributed by atoms with E-state index in [-0.39, 0.29) is 24.0 Å². The molecule has 4 rings (SSSR count). The maximum atomic E-state index is 13.0. The minimum Gasteiger partial charge on any atom is -0.338 e. The van der Waals surface area contributed by atoms with Crippen molar-refractivity contribution in [2.24, 2.45) is 0 Å². The van der Waals surface area contributed by atoms with Crippen LogP contribution >= 0.6 is 0 Å². The van der Waals surface area contributed by atoms with E-state index in [1.54, 1.807) is 12.1 Å². The maximum absolute atomic E-state index is 13.0. The summed E-state index contributed by atoms with van der Waals surface area (Å²) in [5.41, 5.74) is 1.63. The molecular formula is C22H25N3O2. The lowest BCUT2D eigenvalue weighted by molar-refractivity contribution is -0.161. The van der Waals surface area contributed by atoms with E-state index < -0.39 is 6.04 Å². The Kier molecular flexibility index (Phi) is 4.94. The van der Waals surface area contributed by atoms with Crippen molar-refractivity contribution in [2.75, 3.05) is 13.1 Å². The number of rotatable bonds is 5. The Hall–Kier alpha value is -2.66. The van der Waals surface area contributed by atoms with Gasteiger partial charge in [0.2, 0.25) is 5.91 Å². The van der Waals surface area contributed by atoms with Crippen LogP contribution in [0.25, 0.3) is 0 Å². The molecule has 3 atom stereocenters. The van der Waals surface area contributed by atoms with Crippen molar-refractivity contribution in [3.8, 4) is 0 Å².